The normalized spacial score (nSPS) is 33.1. The Morgan fingerprint density at radius 1 is 1.39 bits per heavy atom. The number of hydrogen-bond donors (Lipinski definition) is 4. The number of primary amides is 1. The molecule has 2 fully saturated rings. The number of amides is 1. The minimum atomic E-state index is -1.02. The van der Waals surface area contributed by atoms with Crippen LogP contribution in [0, 0.1) is 5.92 Å². The van der Waals surface area contributed by atoms with Crippen LogP contribution in [0.25, 0.3) is 0 Å². The molecule has 124 valence electrons. The average molecular weight is 337 g/mol. The van der Waals surface area contributed by atoms with Gasteiger partial charge in [-0.25, -0.2) is 0 Å². The maximum Gasteiger partial charge on any atom is 0.222 e. The van der Waals surface area contributed by atoms with E-state index in [1.807, 2.05) is 12.1 Å². The van der Waals surface area contributed by atoms with E-state index in [0.29, 0.717) is 10.9 Å². The molecule has 5 atom stereocenters. The number of hydrogen-bond acceptors (Lipinski definition) is 5. The van der Waals surface area contributed by atoms with Crippen LogP contribution < -0.4 is 20.7 Å². The Hall–Kier alpha value is -1.90. The molecule has 0 spiro atoms. The van der Waals surface area contributed by atoms with Crippen LogP contribution in [0.2, 0.25) is 0 Å². The van der Waals surface area contributed by atoms with E-state index in [1.165, 1.54) is 0 Å². The van der Waals surface area contributed by atoms with Gasteiger partial charge in [0.05, 0.1) is 31.2 Å². The summed E-state index contributed by atoms with van der Waals surface area (Å²) < 4.78 is 5.14. The lowest BCUT2D eigenvalue weighted by Crippen LogP contribution is -2.60. The third kappa shape index (κ3) is 2.62. The summed E-state index contributed by atoms with van der Waals surface area (Å²) in [6.07, 6.45) is -1.93. The Bertz CT molecular complexity index is 624. The summed E-state index contributed by atoms with van der Waals surface area (Å²) in [5.74, 6) is -0.432. The van der Waals surface area contributed by atoms with Crippen molar-refractivity contribution in [2.75, 3.05) is 12.0 Å². The van der Waals surface area contributed by atoms with Crippen molar-refractivity contribution in [1.82, 2.24) is 5.32 Å². The summed E-state index contributed by atoms with van der Waals surface area (Å²) in [7, 11) is 1.58. The van der Waals surface area contributed by atoms with Crippen LogP contribution >= 0.6 is 12.2 Å². The van der Waals surface area contributed by atoms with Gasteiger partial charge in [-0.2, -0.15) is 0 Å². The predicted octanol–water partition coefficient (Wildman–Crippen LogP) is -0.646. The number of carbonyl (C=O) groups is 1. The lowest BCUT2D eigenvalue weighted by molar-refractivity contribution is -0.127. The van der Waals surface area contributed by atoms with E-state index in [1.54, 1.807) is 24.1 Å². The number of fused-ring (bicyclic) bond motifs is 1. The van der Waals surface area contributed by atoms with Crippen molar-refractivity contribution in [3.8, 4) is 5.75 Å². The van der Waals surface area contributed by atoms with Crippen molar-refractivity contribution in [3.63, 3.8) is 0 Å². The van der Waals surface area contributed by atoms with Gasteiger partial charge in [0, 0.05) is 5.69 Å². The summed E-state index contributed by atoms with van der Waals surface area (Å²) in [6, 6.07) is 6.24. The van der Waals surface area contributed by atoms with Gasteiger partial charge in [-0.05, 0) is 42.9 Å². The molecule has 5 N–H and O–H groups in total. The second kappa shape index (κ2) is 5.95. The molecule has 1 saturated carbocycles. The zero-order valence-electron chi connectivity index (χ0n) is 12.5. The highest BCUT2D eigenvalue weighted by molar-refractivity contribution is 7.80. The van der Waals surface area contributed by atoms with E-state index in [0.717, 1.165) is 5.69 Å². The number of thiocarbonyl (C=S) groups is 1. The van der Waals surface area contributed by atoms with Gasteiger partial charge >= 0.3 is 0 Å². The highest BCUT2D eigenvalue weighted by atomic mass is 32.1. The van der Waals surface area contributed by atoms with Crippen molar-refractivity contribution in [1.29, 1.82) is 0 Å². The molecule has 2 aliphatic rings. The first-order valence-electron chi connectivity index (χ1n) is 7.33. The number of nitrogens with zero attached hydrogens (tertiary/aromatic N) is 1. The topological polar surface area (TPSA) is 108 Å². The van der Waals surface area contributed by atoms with Gasteiger partial charge < -0.3 is 30.9 Å². The molecule has 7 nitrogen and oxygen atoms in total. The van der Waals surface area contributed by atoms with E-state index in [9.17, 15) is 15.0 Å². The number of benzene rings is 1. The van der Waals surface area contributed by atoms with Crippen LogP contribution in [-0.4, -0.2) is 52.6 Å². The molecule has 1 amide bonds. The number of ether oxygens (including phenoxy) is 1. The fraction of sp³-hybridized carbons (Fsp3) is 0.467. The monoisotopic (exact) mass is 337 g/mol. The maximum atomic E-state index is 11.8. The van der Waals surface area contributed by atoms with E-state index in [2.05, 4.69) is 5.32 Å². The van der Waals surface area contributed by atoms with Crippen molar-refractivity contribution in [2.45, 2.75) is 30.7 Å². The second-order valence-corrected chi connectivity index (χ2v) is 6.22. The van der Waals surface area contributed by atoms with Gasteiger partial charge in [0.2, 0.25) is 5.91 Å². The number of methoxy groups -OCH3 is 1. The predicted molar refractivity (Wildman–Crippen MR) is 88.1 cm³/mol. The fourth-order valence-electron chi connectivity index (χ4n) is 3.41. The second-order valence-electron chi connectivity index (χ2n) is 5.84. The van der Waals surface area contributed by atoms with Gasteiger partial charge in [0.15, 0.2) is 5.11 Å². The molecule has 0 radical (unpaired) electrons. The lowest BCUT2D eigenvalue weighted by atomic mass is 9.77. The smallest absolute Gasteiger partial charge is 0.222 e. The minimum Gasteiger partial charge on any atom is -0.497 e. The molecule has 0 bridgehead atoms. The Labute approximate surface area is 139 Å². The first kappa shape index (κ1) is 16.0. The summed E-state index contributed by atoms with van der Waals surface area (Å²) in [4.78, 5) is 13.6. The molecule has 1 saturated heterocycles. The molecule has 3 rings (SSSR count). The number of aliphatic hydroxyl groups excluding tert-OH is 2. The molecule has 1 aliphatic heterocycles. The number of nitrogens with two attached hydrogens (primary N) is 1. The number of rotatable bonds is 3. The first-order chi connectivity index (χ1) is 10.9. The van der Waals surface area contributed by atoms with Gasteiger partial charge in [0.25, 0.3) is 0 Å². The molecule has 1 heterocycles. The third-order valence-corrected chi connectivity index (χ3v) is 4.88. The van der Waals surface area contributed by atoms with Crippen molar-refractivity contribution >= 4 is 28.9 Å². The highest BCUT2D eigenvalue weighted by Gasteiger charge is 2.53. The number of nitrogens with one attached hydrogen (secondary N) is 1. The minimum absolute atomic E-state index is 0.106. The van der Waals surface area contributed by atoms with Crippen LogP contribution in [0.4, 0.5) is 5.69 Å². The summed E-state index contributed by atoms with van der Waals surface area (Å²) >= 11 is 5.37. The summed E-state index contributed by atoms with van der Waals surface area (Å²) in [5, 5.41) is 23.6. The SMILES string of the molecule is COc1ccc(N2C(=S)N[C@H]3[C@@H](O)[C@H](O)C[C@@H](C(N)=O)[C@@H]32)cc1. The largest absolute Gasteiger partial charge is 0.497 e. The average Bonchev–Trinajstić information content (AvgIpc) is 2.88. The molecule has 8 heteroatoms. The van der Waals surface area contributed by atoms with Crippen molar-refractivity contribution in [2.24, 2.45) is 11.7 Å². The molecule has 1 aromatic carbocycles. The Morgan fingerprint density at radius 2 is 2.04 bits per heavy atom. The van der Waals surface area contributed by atoms with Crippen LogP contribution in [0.3, 0.4) is 0 Å². The van der Waals surface area contributed by atoms with Gasteiger partial charge in [0.1, 0.15) is 11.9 Å². The van der Waals surface area contributed by atoms with Crippen LogP contribution in [0.15, 0.2) is 24.3 Å². The number of carbonyl (C=O) groups excluding carboxylic acids is 1. The van der Waals surface area contributed by atoms with Gasteiger partial charge in [-0.15, -0.1) is 0 Å². The standard InChI is InChI=1S/C15H19N3O4S/c1-22-8-4-2-7(3-5-8)18-12-9(14(16)21)6-10(19)13(20)11(12)17-15(18)23/h2-5,9-13,19-20H,6H2,1H3,(H2,16,21)(H,17,23)/t9-,10-,11-,12+,13+/m1/s1. The van der Waals surface area contributed by atoms with Crippen LogP contribution in [-0.2, 0) is 4.79 Å². The Balaban J connectivity index is 1.98. The van der Waals surface area contributed by atoms with E-state index in [4.69, 9.17) is 22.7 Å². The fourth-order valence-corrected chi connectivity index (χ4v) is 3.77. The summed E-state index contributed by atoms with van der Waals surface area (Å²) in [5.41, 5.74) is 6.28. The molecule has 1 aliphatic carbocycles. The van der Waals surface area contributed by atoms with Crippen molar-refractivity contribution < 1.29 is 19.7 Å². The molecule has 0 aromatic heterocycles. The zero-order valence-corrected chi connectivity index (χ0v) is 13.4. The van der Waals surface area contributed by atoms with Crippen molar-refractivity contribution in [3.05, 3.63) is 24.3 Å². The summed E-state index contributed by atoms with van der Waals surface area (Å²) in [6.45, 7) is 0. The lowest BCUT2D eigenvalue weighted by Gasteiger charge is -2.40. The van der Waals surface area contributed by atoms with Crippen LogP contribution in [0.1, 0.15) is 6.42 Å². The van der Waals surface area contributed by atoms with Gasteiger partial charge in [-0.3, -0.25) is 4.79 Å². The zero-order chi connectivity index (χ0) is 16.7. The van der Waals surface area contributed by atoms with E-state index < -0.39 is 36.1 Å². The molecule has 23 heavy (non-hydrogen) atoms. The van der Waals surface area contributed by atoms with E-state index >= 15 is 0 Å². The molecular weight excluding hydrogens is 318 g/mol. The molecule has 0 unspecified atom stereocenters. The highest BCUT2D eigenvalue weighted by Crippen LogP contribution is 2.36. The third-order valence-electron chi connectivity index (χ3n) is 4.56. The van der Waals surface area contributed by atoms with Crippen LogP contribution in [0.5, 0.6) is 5.75 Å². The quantitative estimate of drug-likeness (QED) is 0.543. The Kier molecular flexibility index (Phi) is 4.13. The first-order valence-corrected chi connectivity index (χ1v) is 7.74. The molecular formula is C15H19N3O4S. The number of aliphatic hydroxyl groups is 2. The maximum absolute atomic E-state index is 11.8. The van der Waals surface area contributed by atoms with E-state index in [-0.39, 0.29) is 6.42 Å². The number of anilines is 1. The molecule has 1 aromatic rings. The Morgan fingerprint density at radius 3 is 2.61 bits per heavy atom. The van der Waals surface area contributed by atoms with Gasteiger partial charge in [-0.1, -0.05) is 0 Å².